The van der Waals surface area contributed by atoms with E-state index in [1.807, 2.05) is 103 Å². The average molecular weight is 893 g/mol. The van der Waals surface area contributed by atoms with Crippen molar-refractivity contribution in [2.24, 2.45) is 0 Å². The maximum Gasteiger partial charge on any atom is 0.136 e. The third-order valence-corrected chi connectivity index (χ3v) is 14.0. The summed E-state index contributed by atoms with van der Waals surface area (Å²) >= 11 is 0. The number of benzene rings is 12. The molecule has 1 aromatic heterocycles. The zero-order valence-corrected chi connectivity index (χ0v) is 36.2. The lowest BCUT2D eigenvalue weighted by Crippen LogP contribution is -2.26. The van der Waals surface area contributed by atoms with E-state index < -0.39 is 152 Å². The van der Waals surface area contributed by atoms with Crippen molar-refractivity contribution in [1.29, 1.82) is 0 Å². The average Bonchev–Trinajstić information content (AvgIpc) is 1.45. The lowest BCUT2D eigenvalue weighted by molar-refractivity contribution is 0.669. The van der Waals surface area contributed by atoms with E-state index in [4.69, 9.17) is 16.8 Å². The van der Waals surface area contributed by atoms with Gasteiger partial charge < -0.3 is 9.32 Å². The number of hydrogen-bond acceptors (Lipinski definition) is 2. The molecule has 69 heavy (non-hydrogen) atoms. The smallest absolute Gasteiger partial charge is 0.136 e. The highest BCUT2D eigenvalue weighted by Crippen LogP contribution is 2.63. The van der Waals surface area contributed by atoms with Gasteiger partial charge in [-0.05, 0) is 136 Å². The van der Waals surface area contributed by atoms with Gasteiger partial charge in [0.25, 0.3) is 0 Å². The minimum atomic E-state index is -0.854. The number of fused-ring (bicyclic) bond motifs is 17. The fourth-order valence-electron chi connectivity index (χ4n) is 11.3. The summed E-state index contributed by atoms with van der Waals surface area (Å²) in [5, 5.41) is 1.43. The Morgan fingerprint density at radius 1 is 0.362 bits per heavy atom. The first-order valence-corrected chi connectivity index (χ1v) is 22.5. The first-order chi connectivity index (χ1) is 41.3. The van der Waals surface area contributed by atoms with E-state index in [1.54, 1.807) is 4.90 Å². The SMILES string of the molecule is [2H]c1c([2H])c(N(c2ccc3c(c2)C2(c4ccccc4-c4ccccc42)c2ccccc2-3)c2cc3ccccc3c3ccccc23)c([2H])c([2H])c1-c1c([2H])c([2H])c2c([2H])c([2H])c([2H])c([2H])c2c1-c1c([2H])c([2H])c([2H])c2oc3c([2H])c([2H])c([2H])c([2H])c3c12. The molecule has 0 radical (unpaired) electrons. The molecule has 320 valence electrons. The summed E-state index contributed by atoms with van der Waals surface area (Å²) in [5.74, 6) is 0. The van der Waals surface area contributed by atoms with Crippen molar-refractivity contribution in [2.45, 2.75) is 5.41 Å². The molecule has 0 atom stereocenters. The lowest BCUT2D eigenvalue weighted by atomic mass is 9.70. The predicted octanol–water partition coefficient (Wildman–Crippen LogP) is 18.2. The molecule has 2 aliphatic rings. The topological polar surface area (TPSA) is 16.4 Å². The van der Waals surface area contributed by atoms with Gasteiger partial charge >= 0.3 is 0 Å². The summed E-state index contributed by atoms with van der Waals surface area (Å²) in [6, 6.07) is 35.5. The van der Waals surface area contributed by atoms with Gasteiger partial charge in [-0.15, -0.1) is 0 Å². The van der Waals surface area contributed by atoms with Crippen LogP contribution in [0.15, 0.2) is 253 Å². The molecule has 2 nitrogen and oxygen atoms in total. The quantitative estimate of drug-likeness (QED) is 0.160. The fourth-order valence-corrected chi connectivity index (χ4v) is 11.3. The van der Waals surface area contributed by atoms with E-state index in [2.05, 4.69) is 42.5 Å². The van der Waals surface area contributed by atoms with Crippen LogP contribution in [0, 0.1) is 0 Å². The number of furan rings is 1. The monoisotopic (exact) mass is 892 g/mol. The fraction of sp³-hybridized carbons (Fsp3) is 0.0149. The Kier molecular flexibility index (Phi) is 5.31. The van der Waals surface area contributed by atoms with Crippen LogP contribution in [0.25, 0.3) is 98.8 Å². The molecule has 0 bridgehead atoms. The number of rotatable bonds is 5. The number of anilines is 3. The van der Waals surface area contributed by atoms with Gasteiger partial charge in [0.1, 0.15) is 11.2 Å². The number of para-hydroxylation sites is 1. The lowest BCUT2D eigenvalue weighted by Gasteiger charge is -2.32. The van der Waals surface area contributed by atoms with Crippen LogP contribution >= 0.6 is 0 Å². The van der Waals surface area contributed by atoms with Gasteiger partial charge in [-0.1, -0.05) is 206 Å². The molecule has 12 aromatic carbocycles. The van der Waals surface area contributed by atoms with Crippen LogP contribution in [0.4, 0.5) is 17.1 Å². The predicted molar refractivity (Wildman–Crippen MR) is 288 cm³/mol. The van der Waals surface area contributed by atoms with Crippen LogP contribution < -0.4 is 4.90 Å². The summed E-state index contributed by atoms with van der Waals surface area (Å²) in [5.41, 5.74) is 4.74. The zero-order chi connectivity index (χ0) is 60.0. The van der Waals surface area contributed by atoms with Gasteiger partial charge in [-0.25, -0.2) is 0 Å². The molecule has 1 heterocycles. The van der Waals surface area contributed by atoms with E-state index >= 15 is 0 Å². The molecule has 15 rings (SSSR count). The molecule has 0 aliphatic heterocycles. The Hall–Kier alpha value is -8.98. The highest BCUT2D eigenvalue weighted by Gasteiger charge is 2.51. The van der Waals surface area contributed by atoms with Crippen LogP contribution in [-0.4, -0.2) is 0 Å². The Morgan fingerprint density at radius 3 is 1.72 bits per heavy atom. The van der Waals surface area contributed by atoms with Crippen molar-refractivity contribution in [3.8, 4) is 44.5 Å². The normalized spacial score (nSPS) is 16.5. The van der Waals surface area contributed by atoms with Gasteiger partial charge in [0.15, 0.2) is 0 Å². The molecule has 1 spiro atoms. The summed E-state index contributed by atoms with van der Waals surface area (Å²) in [7, 11) is 0. The maximum absolute atomic E-state index is 10.4. The Labute approximate surface area is 423 Å². The van der Waals surface area contributed by atoms with Crippen molar-refractivity contribution < 1.29 is 27.7 Å². The summed E-state index contributed by atoms with van der Waals surface area (Å²) in [4.78, 5) is 1.72. The van der Waals surface area contributed by atoms with E-state index in [-0.39, 0.29) is 16.5 Å². The first kappa shape index (κ1) is 25.2. The van der Waals surface area contributed by atoms with Crippen molar-refractivity contribution >= 4 is 71.3 Å². The highest BCUT2D eigenvalue weighted by molar-refractivity contribution is 6.18. The molecular formula is C67H41NO. The second-order valence-corrected chi connectivity index (χ2v) is 17.3. The Morgan fingerprint density at radius 2 is 0.971 bits per heavy atom. The Balaban J connectivity index is 1.08. The van der Waals surface area contributed by atoms with Crippen molar-refractivity contribution in [1.82, 2.24) is 0 Å². The summed E-state index contributed by atoms with van der Waals surface area (Å²) in [6.07, 6.45) is 0. The molecule has 2 aliphatic carbocycles. The molecule has 0 saturated heterocycles. The molecule has 0 unspecified atom stereocenters. The van der Waals surface area contributed by atoms with Gasteiger partial charge in [0.2, 0.25) is 0 Å². The summed E-state index contributed by atoms with van der Waals surface area (Å²) < 4.78 is 166. The van der Waals surface area contributed by atoms with Crippen LogP contribution in [0.5, 0.6) is 0 Å². The van der Waals surface area contributed by atoms with Crippen LogP contribution in [-0.2, 0) is 5.41 Å². The standard InChI is InChI=1S/C67H41NO/c1-4-19-48-42(16-1)34-38-49(65(48)57-26-15-31-64-66(57)56-25-10-14-30-63(56)69-64)43-32-35-45(36-33-43)68(62-40-44-17-2-3-18-47(44)50-20-5-6-24-55(50)62)46-37-39-54-53-23-9-13-29-60(53)67(61(54)41-46)58-27-11-7-21-51(58)52-22-8-12-28-59(52)67/h1-41H/i1D,4D,10D,14D,15D,16D,19D,25D,26D,30D,31D,32D,33D,34D,35D,36D,38D. The number of nitrogens with zero attached hydrogens (tertiary/aromatic N) is 1. The van der Waals surface area contributed by atoms with E-state index in [1.165, 1.54) is 0 Å². The van der Waals surface area contributed by atoms with Crippen molar-refractivity contribution in [3.05, 3.63) is 271 Å². The first-order valence-electron chi connectivity index (χ1n) is 31.0. The molecule has 13 aromatic rings. The van der Waals surface area contributed by atoms with Crippen molar-refractivity contribution in [3.63, 3.8) is 0 Å². The van der Waals surface area contributed by atoms with Gasteiger partial charge in [0.05, 0.1) is 34.4 Å². The largest absolute Gasteiger partial charge is 0.456 e. The zero-order valence-electron chi connectivity index (χ0n) is 53.2. The second-order valence-electron chi connectivity index (χ2n) is 17.3. The molecule has 0 N–H and O–H groups in total. The van der Waals surface area contributed by atoms with E-state index in [0.717, 1.165) is 60.7 Å². The van der Waals surface area contributed by atoms with Crippen LogP contribution in [0.1, 0.15) is 45.6 Å². The second kappa shape index (κ2) is 14.5. The third kappa shape index (κ3) is 5.31. The number of hydrogen-bond donors (Lipinski definition) is 0. The van der Waals surface area contributed by atoms with Gasteiger partial charge in [-0.2, -0.15) is 0 Å². The van der Waals surface area contributed by atoms with Crippen LogP contribution in [0.2, 0.25) is 0 Å². The minimum absolute atomic E-state index is 0.227. The molecular weight excluding hydrogens is 835 g/mol. The minimum Gasteiger partial charge on any atom is -0.456 e. The van der Waals surface area contributed by atoms with E-state index in [0.29, 0.717) is 16.8 Å². The van der Waals surface area contributed by atoms with Crippen LogP contribution in [0.3, 0.4) is 0 Å². The molecule has 2 heteroatoms. The Bertz CT molecular complexity index is 5210. The third-order valence-electron chi connectivity index (χ3n) is 14.0. The molecule has 0 fully saturated rings. The highest BCUT2D eigenvalue weighted by atomic mass is 16.3. The molecule has 0 amide bonds. The van der Waals surface area contributed by atoms with E-state index in [9.17, 15) is 11.0 Å². The van der Waals surface area contributed by atoms with Crippen molar-refractivity contribution in [2.75, 3.05) is 4.90 Å². The molecule has 0 saturated carbocycles. The van der Waals surface area contributed by atoms with Gasteiger partial charge in [0, 0.05) is 27.5 Å². The van der Waals surface area contributed by atoms with Gasteiger partial charge in [-0.3, -0.25) is 0 Å². The maximum atomic E-state index is 10.4. The summed E-state index contributed by atoms with van der Waals surface area (Å²) in [6.45, 7) is 0.